The van der Waals surface area contributed by atoms with E-state index >= 15 is 0 Å². The zero-order chi connectivity index (χ0) is 15.1. The molecule has 0 aliphatic carbocycles. The molecule has 0 bridgehead atoms. The Hall–Kier alpha value is -1.79. The fraction of sp³-hybridized carbons (Fsp3) is 0.400. The van der Waals surface area contributed by atoms with Crippen LogP contribution in [0.1, 0.15) is 18.5 Å². The number of methoxy groups -OCH3 is 1. The van der Waals surface area contributed by atoms with E-state index in [-0.39, 0.29) is 5.97 Å². The van der Waals surface area contributed by atoms with Crippen molar-refractivity contribution >= 4 is 17.3 Å². The van der Waals surface area contributed by atoms with Crippen LogP contribution in [0.4, 0.5) is 0 Å². The maximum Gasteiger partial charge on any atom is 0.305 e. The summed E-state index contributed by atoms with van der Waals surface area (Å²) in [4.78, 5) is 22.1. The molecule has 2 heterocycles. The summed E-state index contributed by atoms with van der Waals surface area (Å²) in [6, 6.07) is 5.82. The molecule has 0 aromatic carbocycles. The predicted octanol–water partition coefficient (Wildman–Crippen LogP) is 2.59. The summed E-state index contributed by atoms with van der Waals surface area (Å²) in [6.07, 6.45) is 3.02. The molecule has 5 nitrogen and oxygen atoms in total. The molecule has 0 aliphatic heterocycles. The van der Waals surface area contributed by atoms with Crippen molar-refractivity contribution in [2.45, 2.75) is 19.4 Å². The Kier molecular flexibility index (Phi) is 5.83. The van der Waals surface area contributed by atoms with Gasteiger partial charge in [-0.15, -0.1) is 11.3 Å². The second-order valence-corrected chi connectivity index (χ2v) is 5.63. The van der Waals surface area contributed by atoms with Crippen LogP contribution in [-0.2, 0) is 16.1 Å². The Balaban J connectivity index is 1.83. The number of carbonyl (C=O) groups is 1. The molecule has 0 amide bonds. The fourth-order valence-electron chi connectivity index (χ4n) is 1.94. The first kappa shape index (κ1) is 15.6. The van der Waals surface area contributed by atoms with Gasteiger partial charge in [0, 0.05) is 24.5 Å². The SMILES string of the molecule is COC(=O)CCCN(C)Cc1csc(-c2ccccn2)n1. The number of carbonyl (C=O) groups excluding carboxylic acids is 1. The standard InChI is InChI=1S/C15H19N3O2S/c1-18(9-5-7-14(19)20-2)10-12-11-21-15(17-12)13-6-3-4-8-16-13/h3-4,6,8,11H,5,7,9-10H2,1-2H3. The molecule has 0 fully saturated rings. The summed E-state index contributed by atoms with van der Waals surface area (Å²) in [5.74, 6) is -0.158. The molecule has 112 valence electrons. The van der Waals surface area contributed by atoms with Crippen LogP contribution in [0.25, 0.3) is 10.7 Å². The molecule has 0 atom stereocenters. The van der Waals surface area contributed by atoms with E-state index in [4.69, 9.17) is 0 Å². The normalized spacial score (nSPS) is 10.8. The first-order valence-electron chi connectivity index (χ1n) is 6.80. The highest BCUT2D eigenvalue weighted by Gasteiger charge is 2.08. The molecule has 0 spiro atoms. The molecule has 21 heavy (non-hydrogen) atoms. The molecule has 2 aromatic heterocycles. The number of ether oxygens (including phenoxy) is 1. The Morgan fingerprint density at radius 1 is 1.43 bits per heavy atom. The summed E-state index contributed by atoms with van der Waals surface area (Å²) < 4.78 is 4.63. The van der Waals surface area contributed by atoms with Gasteiger partial charge in [0.2, 0.25) is 0 Å². The van der Waals surface area contributed by atoms with Crippen molar-refractivity contribution in [1.29, 1.82) is 0 Å². The van der Waals surface area contributed by atoms with Gasteiger partial charge in [0.25, 0.3) is 0 Å². The molecular formula is C15H19N3O2S. The van der Waals surface area contributed by atoms with Gasteiger partial charge in [-0.2, -0.15) is 0 Å². The van der Waals surface area contributed by atoms with Gasteiger partial charge in [-0.05, 0) is 32.1 Å². The van der Waals surface area contributed by atoms with Crippen LogP contribution in [0.5, 0.6) is 0 Å². The van der Waals surface area contributed by atoms with Gasteiger partial charge in [-0.1, -0.05) is 6.07 Å². The lowest BCUT2D eigenvalue weighted by atomic mass is 10.3. The second kappa shape index (κ2) is 7.85. The van der Waals surface area contributed by atoms with Crippen molar-refractivity contribution in [3.05, 3.63) is 35.5 Å². The number of pyridine rings is 1. The van der Waals surface area contributed by atoms with Crippen molar-refractivity contribution in [3.63, 3.8) is 0 Å². The van der Waals surface area contributed by atoms with Gasteiger partial charge < -0.3 is 9.64 Å². The van der Waals surface area contributed by atoms with Crippen LogP contribution in [-0.4, -0.2) is 41.5 Å². The van der Waals surface area contributed by atoms with Crippen LogP contribution in [0.3, 0.4) is 0 Å². The summed E-state index contributed by atoms with van der Waals surface area (Å²) >= 11 is 1.60. The first-order chi connectivity index (χ1) is 10.2. The van der Waals surface area contributed by atoms with E-state index in [9.17, 15) is 4.79 Å². The average molecular weight is 305 g/mol. The quantitative estimate of drug-likeness (QED) is 0.736. The topological polar surface area (TPSA) is 55.3 Å². The van der Waals surface area contributed by atoms with Crippen molar-refractivity contribution in [2.75, 3.05) is 20.7 Å². The minimum atomic E-state index is -0.158. The molecule has 2 rings (SSSR count). The Labute approximate surface area is 128 Å². The van der Waals surface area contributed by atoms with Gasteiger partial charge in [-0.25, -0.2) is 4.98 Å². The van der Waals surface area contributed by atoms with Gasteiger partial charge in [0.1, 0.15) is 5.01 Å². The van der Waals surface area contributed by atoms with E-state index in [0.29, 0.717) is 6.42 Å². The van der Waals surface area contributed by atoms with Gasteiger partial charge in [-0.3, -0.25) is 9.78 Å². The minimum absolute atomic E-state index is 0.158. The largest absolute Gasteiger partial charge is 0.469 e. The highest BCUT2D eigenvalue weighted by atomic mass is 32.1. The molecular weight excluding hydrogens is 286 g/mol. The summed E-state index contributed by atoms with van der Waals surface area (Å²) in [6.45, 7) is 1.61. The van der Waals surface area contributed by atoms with Crippen molar-refractivity contribution in [1.82, 2.24) is 14.9 Å². The molecule has 6 heteroatoms. The number of nitrogens with zero attached hydrogens (tertiary/aromatic N) is 3. The van der Waals surface area contributed by atoms with E-state index in [1.807, 2.05) is 25.2 Å². The molecule has 2 aromatic rings. The molecule has 0 aliphatic rings. The average Bonchev–Trinajstić information content (AvgIpc) is 2.96. The van der Waals surface area contributed by atoms with Crippen LogP contribution >= 0.6 is 11.3 Å². The molecule has 0 saturated heterocycles. The Bertz CT molecular complexity index is 571. The molecule has 0 radical (unpaired) electrons. The van der Waals surface area contributed by atoms with E-state index in [0.717, 1.165) is 35.9 Å². The lowest BCUT2D eigenvalue weighted by Crippen LogP contribution is -2.20. The van der Waals surface area contributed by atoms with Crippen LogP contribution in [0, 0.1) is 0 Å². The highest BCUT2D eigenvalue weighted by Crippen LogP contribution is 2.21. The lowest BCUT2D eigenvalue weighted by Gasteiger charge is -2.14. The van der Waals surface area contributed by atoms with Crippen molar-refractivity contribution < 1.29 is 9.53 Å². The van der Waals surface area contributed by atoms with Crippen LogP contribution in [0.15, 0.2) is 29.8 Å². The first-order valence-corrected chi connectivity index (χ1v) is 7.68. The molecule has 0 unspecified atom stereocenters. The lowest BCUT2D eigenvalue weighted by molar-refractivity contribution is -0.140. The minimum Gasteiger partial charge on any atom is -0.469 e. The number of hydrogen-bond acceptors (Lipinski definition) is 6. The van der Waals surface area contributed by atoms with Crippen LogP contribution in [0.2, 0.25) is 0 Å². The third-order valence-electron chi connectivity index (χ3n) is 3.02. The van der Waals surface area contributed by atoms with Crippen molar-refractivity contribution in [3.8, 4) is 10.7 Å². The Morgan fingerprint density at radius 3 is 3.00 bits per heavy atom. The predicted molar refractivity (Wildman–Crippen MR) is 82.9 cm³/mol. The monoisotopic (exact) mass is 305 g/mol. The smallest absolute Gasteiger partial charge is 0.305 e. The van der Waals surface area contributed by atoms with Gasteiger partial charge in [0.05, 0.1) is 18.5 Å². The fourth-order valence-corrected chi connectivity index (χ4v) is 2.72. The van der Waals surface area contributed by atoms with E-state index in [1.165, 1.54) is 7.11 Å². The highest BCUT2D eigenvalue weighted by molar-refractivity contribution is 7.13. The Morgan fingerprint density at radius 2 is 2.29 bits per heavy atom. The van der Waals surface area contributed by atoms with E-state index < -0.39 is 0 Å². The number of thiazole rings is 1. The number of hydrogen-bond donors (Lipinski definition) is 0. The maximum absolute atomic E-state index is 11.1. The third kappa shape index (κ3) is 4.91. The number of aromatic nitrogens is 2. The van der Waals surface area contributed by atoms with E-state index in [1.54, 1.807) is 17.5 Å². The summed E-state index contributed by atoms with van der Waals surface area (Å²) in [7, 11) is 3.44. The third-order valence-corrected chi connectivity index (χ3v) is 3.93. The van der Waals surface area contributed by atoms with E-state index in [2.05, 4.69) is 25.0 Å². The summed E-state index contributed by atoms with van der Waals surface area (Å²) in [5, 5.41) is 2.99. The van der Waals surface area contributed by atoms with Crippen LogP contribution < -0.4 is 0 Å². The number of rotatable bonds is 7. The maximum atomic E-state index is 11.1. The zero-order valence-electron chi connectivity index (χ0n) is 12.3. The molecule has 0 saturated carbocycles. The second-order valence-electron chi connectivity index (χ2n) is 4.78. The molecule has 0 N–H and O–H groups in total. The number of esters is 1. The van der Waals surface area contributed by atoms with Gasteiger partial charge in [0.15, 0.2) is 0 Å². The van der Waals surface area contributed by atoms with Gasteiger partial charge >= 0.3 is 5.97 Å². The van der Waals surface area contributed by atoms with Crippen molar-refractivity contribution in [2.24, 2.45) is 0 Å². The zero-order valence-corrected chi connectivity index (χ0v) is 13.1. The summed E-state index contributed by atoms with van der Waals surface area (Å²) in [5.41, 5.74) is 1.93.